The molecule has 3 heteroatoms. The molecule has 0 heterocycles. The number of nitrogens with zero attached hydrogens (tertiary/aromatic N) is 1. The van der Waals surface area contributed by atoms with E-state index in [2.05, 4.69) is 11.8 Å². The summed E-state index contributed by atoms with van der Waals surface area (Å²) < 4.78 is 5.69. The first-order valence-corrected chi connectivity index (χ1v) is 16.2. The van der Waals surface area contributed by atoms with Gasteiger partial charge < -0.3 is 4.74 Å². The van der Waals surface area contributed by atoms with E-state index in [1.54, 1.807) is 0 Å². The van der Waals surface area contributed by atoms with Gasteiger partial charge in [-0.25, -0.2) is 0 Å². The van der Waals surface area contributed by atoms with E-state index in [1.165, 1.54) is 154 Å². The van der Waals surface area contributed by atoms with Crippen LogP contribution in [0.3, 0.4) is 0 Å². The first kappa shape index (κ1) is 30.7. The Morgan fingerprint density at radius 3 is 1.43 bits per heavy atom. The van der Waals surface area contributed by atoms with Gasteiger partial charge in [0.25, 0.3) is 0 Å². The van der Waals surface area contributed by atoms with Gasteiger partial charge in [-0.3, -0.25) is 9.69 Å². The number of hydrogen-bond donors (Lipinski definition) is 0. The highest BCUT2D eigenvalue weighted by molar-refractivity contribution is 5.69. The maximum absolute atomic E-state index is 12.3. The molecule has 0 aromatic carbocycles. The summed E-state index contributed by atoms with van der Waals surface area (Å²) in [5, 5.41) is 0. The maximum atomic E-state index is 12.3. The number of esters is 1. The Labute approximate surface area is 219 Å². The van der Waals surface area contributed by atoms with E-state index >= 15 is 0 Å². The first-order valence-electron chi connectivity index (χ1n) is 16.2. The number of hydrogen-bond acceptors (Lipinski definition) is 3. The minimum atomic E-state index is 0.0342. The molecule has 2 aliphatic carbocycles. The van der Waals surface area contributed by atoms with Gasteiger partial charge in [-0.2, -0.15) is 0 Å². The summed E-state index contributed by atoms with van der Waals surface area (Å²) in [7, 11) is 0. The van der Waals surface area contributed by atoms with Crippen LogP contribution in [0.2, 0.25) is 0 Å². The largest absolute Gasteiger partial charge is 0.464 e. The second-order valence-corrected chi connectivity index (χ2v) is 11.7. The Bertz CT molecular complexity index is 464. The molecular weight excluding hydrogens is 430 g/mol. The quantitative estimate of drug-likeness (QED) is 0.118. The van der Waals surface area contributed by atoms with Crippen molar-refractivity contribution < 1.29 is 9.53 Å². The average molecular weight is 492 g/mol. The van der Waals surface area contributed by atoms with Gasteiger partial charge in [0.15, 0.2) is 0 Å². The molecule has 0 spiro atoms. The van der Waals surface area contributed by atoms with Crippen molar-refractivity contribution in [1.82, 2.24) is 4.90 Å². The molecule has 3 nitrogen and oxygen atoms in total. The zero-order chi connectivity index (χ0) is 24.8. The lowest BCUT2D eigenvalue weighted by atomic mass is 9.88. The number of ether oxygens (including phenoxy) is 1. The predicted octanol–water partition coefficient (Wildman–Crippen LogP) is 9.76. The highest BCUT2D eigenvalue weighted by Crippen LogP contribution is 2.30. The van der Waals surface area contributed by atoms with Crippen molar-refractivity contribution in [3.8, 4) is 0 Å². The summed E-state index contributed by atoms with van der Waals surface area (Å²) in [6.45, 7) is 3.85. The van der Waals surface area contributed by atoms with Gasteiger partial charge in [-0.1, -0.05) is 135 Å². The molecule has 2 aliphatic rings. The summed E-state index contributed by atoms with van der Waals surface area (Å²) in [6.07, 6.45) is 34.8. The Morgan fingerprint density at radius 1 is 0.600 bits per heavy atom. The van der Waals surface area contributed by atoms with Crippen LogP contribution >= 0.6 is 0 Å². The standard InChI is InChI=1S/C32H61NO2/c1-2-3-4-5-6-7-8-9-10-11-12-13-14-15-22-27-32(34)35-29-28-33(30-23-18-16-19-24-30)31-25-20-17-21-26-31/h30-31H,2-29H2,1H3. The minimum Gasteiger partial charge on any atom is -0.464 e. The summed E-state index contributed by atoms with van der Waals surface area (Å²) >= 11 is 0. The average Bonchev–Trinajstić information content (AvgIpc) is 2.90. The topological polar surface area (TPSA) is 29.5 Å². The highest BCUT2D eigenvalue weighted by Gasteiger charge is 2.28. The lowest BCUT2D eigenvalue weighted by Gasteiger charge is -2.41. The van der Waals surface area contributed by atoms with Crippen LogP contribution in [0.15, 0.2) is 0 Å². The summed E-state index contributed by atoms with van der Waals surface area (Å²) in [4.78, 5) is 15.0. The van der Waals surface area contributed by atoms with Gasteiger partial charge in [0.2, 0.25) is 0 Å². The summed E-state index contributed by atoms with van der Waals surface area (Å²) in [5.41, 5.74) is 0. The molecule has 206 valence electrons. The third kappa shape index (κ3) is 15.3. The van der Waals surface area contributed by atoms with Crippen molar-refractivity contribution >= 4 is 5.97 Å². The molecule has 0 N–H and O–H groups in total. The molecule has 0 bridgehead atoms. The minimum absolute atomic E-state index is 0.0342. The van der Waals surface area contributed by atoms with Gasteiger partial charge in [0.05, 0.1) is 0 Å². The molecule has 0 atom stereocenters. The number of rotatable bonds is 21. The maximum Gasteiger partial charge on any atom is 0.305 e. The smallest absolute Gasteiger partial charge is 0.305 e. The number of carbonyl (C=O) groups is 1. The molecule has 2 rings (SSSR count). The molecule has 0 aromatic heterocycles. The molecular formula is C32H61NO2. The second-order valence-electron chi connectivity index (χ2n) is 11.7. The SMILES string of the molecule is CCCCCCCCCCCCCCCCCC(=O)OCCN(C1CCCCC1)C1CCCCC1. The Morgan fingerprint density at radius 2 is 1.00 bits per heavy atom. The predicted molar refractivity (Wildman–Crippen MR) is 151 cm³/mol. The third-order valence-corrected chi connectivity index (χ3v) is 8.68. The zero-order valence-corrected chi connectivity index (χ0v) is 23.7. The van der Waals surface area contributed by atoms with Crippen molar-refractivity contribution in [1.29, 1.82) is 0 Å². The van der Waals surface area contributed by atoms with E-state index in [0.29, 0.717) is 13.0 Å². The van der Waals surface area contributed by atoms with Crippen LogP contribution in [0.1, 0.15) is 174 Å². The van der Waals surface area contributed by atoms with Gasteiger partial charge >= 0.3 is 5.97 Å². The first-order chi connectivity index (χ1) is 17.3. The summed E-state index contributed by atoms with van der Waals surface area (Å²) in [6, 6.07) is 1.47. The van der Waals surface area contributed by atoms with Crippen LogP contribution in [-0.4, -0.2) is 36.1 Å². The van der Waals surface area contributed by atoms with Gasteiger partial charge in [-0.15, -0.1) is 0 Å². The van der Waals surface area contributed by atoms with E-state index in [1.807, 2.05) is 0 Å². The van der Waals surface area contributed by atoms with E-state index in [4.69, 9.17) is 4.74 Å². The lowest BCUT2D eigenvalue weighted by Crippen LogP contribution is -2.46. The Hall–Kier alpha value is -0.570. The van der Waals surface area contributed by atoms with Crippen molar-refractivity contribution in [2.45, 2.75) is 186 Å². The van der Waals surface area contributed by atoms with Crippen LogP contribution in [-0.2, 0) is 9.53 Å². The molecule has 0 aromatic rings. The van der Waals surface area contributed by atoms with E-state index in [-0.39, 0.29) is 5.97 Å². The van der Waals surface area contributed by atoms with E-state index < -0.39 is 0 Å². The van der Waals surface area contributed by atoms with Crippen LogP contribution in [0.5, 0.6) is 0 Å². The van der Waals surface area contributed by atoms with E-state index in [9.17, 15) is 4.79 Å². The van der Waals surface area contributed by atoms with Crippen LogP contribution in [0.4, 0.5) is 0 Å². The molecule has 0 unspecified atom stereocenters. The molecule has 2 fully saturated rings. The van der Waals surface area contributed by atoms with Crippen molar-refractivity contribution in [3.05, 3.63) is 0 Å². The monoisotopic (exact) mass is 491 g/mol. The molecule has 2 saturated carbocycles. The van der Waals surface area contributed by atoms with Gasteiger partial charge in [-0.05, 0) is 32.1 Å². The molecule has 35 heavy (non-hydrogen) atoms. The molecule has 0 amide bonds. The number of carbonyl (C=O) groups excluding carboxylic acids is 1. The van der Waals surface area contributed by atoms with Crippen LogP contribution < -0.4 is 0 Å². The molecule has 0 saturated heterocycles. The molecule has 0 radical (unpaired) electrons. The number of unbranched alkanes of at least 4 members (excludes halogenated alkanes) is 14. The fourth-order valence-corrected chi connectivity index (χ4v) is 6.47. The lowest BCUT2D eigenvalue weighted by molar-refractivity contribution is -0.144. The van der Waals surface area contributed by atoms with Crippen LogP contribution in [0, 0.1) is 0 Å². The normalized spacial score (nSPS) is 17.8. The zero-order valence-electron chi connectivity index (χ0n) is 23.7. The second kappa shape index (κ2) is 21.5. The van der Waals surface area contributed by atoms with E-state index in [0.717, 1.165) is 25.0 Å². The van der Waals surface area contributed by atoms with Gasteiger partial charge in [0.1, 0.15) is 6.61 Å². The third-order valence-electron chi connectivity index (χ3n) is 8.68. The van der Waals surface area contributed by atoms with Gasteiger partial charge in [0, 0.05) is 25.0 Å². The van der Waals surface area contributed by atoms with Crippen molar-refractivity contribution in [2.75, 3.05) is 13.2 Å². The van der Waals surface area contributed by atoms with Crippen molar-refractivity contribution in [2.24, 2.45) is 0 Å². The highest BCUT2D eigenvalue weighted by atomic mass is 16.5. The molecule has 0 aliphatic heterocycles. The Balaban J connectivity index is 1.40. The van der Waals surface area contributed by atoms with Crippen molar-refractivity contribution in [3.63, 3.8) is 0 Å². The summed E-state index contributed by atoms with van der Waals surface area (Å²) in [5.74, 6) is 0.0342. The fraction of sp³-hybridized carbons (Fsp3) is 0.969. The fourth-order valence-electron chi connectivity index (χ4n) is 6.47. The Kier molecular flexibility index (Phi) is 18.8. The van der Waals surface area contributed by atoms with Crippen LogP contribution in [0.25, 0.3) is 0 Å².